The summed E-state index contributed by atoms with van der Waals surface area (Å²) in [5.41, 5.74) is 2.73. The molecule has 3 amide bonds. The van der Waals surface area contributed by atoms with Crippen LogP contribution in [-0.2, 0) is 16.1 Å². The summed E-state index contributed by atoms with van der Waals surface area (Å²) in [6.45, 7) is 4.87. The second-order valence-corrected chi connectivity index (χ2v) is 8.67. The Morgan fingerprint density at radius 1 is 0.968 bits per heavy atom. The molecule has 2 aromatic rings. The van der Waals surface area contributed by atoms with Crippen LogP contribution in [0.25, 0.3) is 0 Å². The largest absolute Gasteiger partial charge is 0.339 e. The number of carbonyl (C=O) groups excluding carboxylic acids is 3. The van der Waals surface area contributed by atoms with Crippen LogP contribution < -0.4 is 0 Å². The smallest absolute Gasteiger partial charge is 0.255 e. The van der Waals surface area contributed by atoms with Gasteiger partial charge in [0.1, 0.15) is 0 Å². The first kappa shape index (κ1) is 21.4. The van der Waals surface area contributed by atoms with E-state index in [0.29, 0.717) is 49.9 Å². The van der Waals surface area contributed by atoms with E-state index in [1.54, 1.807) is 39.0 Å². The Hall–Kier alpha value is -2.86. The van der Waals surface area contributed by atoms with E-state index in [1.807, 2.05) is 31.2 Å². The molecular formula is C24H26ClN3O3. The molecule has 2 aromatic carbocycles. The van der Waals surface area contributed by atoms with Crippen molar-refractivity contribution in [3.05, 3.63) is 70.2 Å². The lowest BCUT2D eigenvalue weighted by molar-refractivity contribution is -0.137. The van der Waals surface area contributed by atoms with Crippen molar-refractivity contribution in [1.82, 2.24) is 14.7 Å². The molecule has 2 saturated heterocycles. The number of rotatable bonds is 4. The zero-order valence-corrected chi connectivity index (χ0v) is 18.3. The minimum Gasteiger partial charge on any atom is -0.339 e. The van der Waals surface area contributed by atoms with Crippen molar-refractivity contribution in [3.63, 3.8) is 0 Å². The van der Waals surface area contributed by atoms with E-state index < -0.39 is 0 Å². The fraction of sp³-hybridized carbons (Fsp3) is 0.375. The molecule has 0 aliphatic carbocycles. The van der Waals surface area contributed by atoms with Crippen LogP contribution in [0, 0.1) is 12.8 Å². The normalized spacial score (nSPS) is 19.1. The molecular weight excluding hydrogens is 414 g/mol. The Labute approximate surface area is 187 Å². The van der Waals surface area contributed by atoms with Gasteiger partial charge < -0.3 is 14.7 Å². The van der Waals surface area contributed by atoms with Crippen molar-refractivity contribution in [1.29, 1.82) is 0 Å². The molecule has 2 aliphatic heterocycles. The highest BCUT2D eigenvalue weighted by atomic mass is 35.5. The van der Waals surface area contributed by atoms with E-state index >= 15 is 0 Å². The van der Waals surface area contributed by atoms with Gasteiger partial charge in [-0.15, -0.1) is 0 Å². The Balaban J connectivity index is 1.31. The first-order valence-electron chi connectivity index (χ1n) is 10.6. The molecule has 162 valence electrons. The van der Waals surface area contributed by atoms with Gasteiger partial charge in [-0.05, 0) is 24.6 Å². The lowest BCUT2D eigenvalue weighted by Gasteiger charge is -2.36. The molecule has 0 saturated carbocycles. The molecule has 0 unspecified atom stereocenters. The SMILES string of the molecule is Cc1ccc(CN2C[C@H](C(=O)N3CCN(C(=O)c4ccccc4Cl)CC3)CC2=O)cc1. The maximum absolute atomic E-state index is 13.0. The third-order valence-corrected chi connectivity index (χ3v) is 6.37. The van der Waals surface area contributed by atoms with Crippen LogP contribution in [0.5, 0.6) is 0 Å². The number of carbonyl (C=O) groups is 3. The van der Waals surface area contributed by atoms with Gasteiger partial charge in [0.2, 0.25) is 11.8 Å². The van der Waals surface area contributed by atoms with Crippen LogP contribution in [0.4, 0.5) is 0 Å². The van der Waals surface area contributed by atoms with Crippen LogP contribution in [0.2, 0.25) is 5.02 Å². The van der Waals surface area contributed by atoms with Gasteiger partial charge in [0, 0.05) is 45.7 Å². The Morgan fingerprint density at radius 2 is 1.61 bits per heavy atom. The van der Waals surface area contributed by atoms with Crippen molar-refractivity contribution < 1.29 is 14.4 Å². The standard InChI is InChI=1S/C24H26ClN3O3/c1-17-6-8-18(9-7-17)15-28-16-19(14-22(28)29)23(30)26-10-12-27(13-11-26)24(31)20-4-2-3-5-21(20)25/h2-9,19H,10-16H2,1H3/t19-/m1/s1. The van der Waals surface area contributed by atoms with E-state index in [0.717, 1.165) is 5.56 Å². The summed E-state index contributed by atoms with van der Waals surface area (Å²) in [4.78, 5) is 43.5. The molecule has 1 atom stereocenters. The minimum absolute atomic E-state index is 0.00426. The van der Waals surface area contributed by atoms with E-state index in [1.165, 1.54) is 5.56 Å². The van der Waals surface area contributed by atoms with Gasteiger partial charge in [-0.25, -0.2) is 0 Å². The van der Waals surface area contributed by atoms with Crippen molar-refractivity contribution in [2.45, 2.75) is 19.9 Å². The summed E-state index contributed by atoms with van der Waals surface area (Å²) in [5, 5.41) is 0.434. The lowest BCUT2D eigenvalue weighted by Crippen LogP contribution is -2.52. The zero-order valence-electron chi connectivity index (χ0n) is 17.6. The van der Waals surface area contributed by atoms with Crippen LogP contribution >= 0.6 is 11.6 Å². The first-order valence-corrected chi connectivity index (χ1v) is 11.0. The maximum atomic E-state index is 13.0. The Morgan fingerprint density at radius 3 is 2.29 bits per heavy atom. The third-order valence-electron chi connectivity index (χ3n) is 6.04. The summed E-state index contributed by atoms with van der Waals surface area (Å²) in [7, 11) is 0. The summed E-state index contributed by atoms with van der Waals surface area (Å²) in [6.07, 6.45) is 0.253. The van der Waals surface area contributed by atoms with Crippen LogP contribution in [0.3, 0.4) is 0 Å². The van der Waals surface area contributed by atoms with E-state index in [4.69, 9.17) is 11.6 Å². The topological polar surface area (TPSA) is 60.9 Å². The predicted molar refractivity (Wildman–Crippen MR) is 119 cm³/mol. The molecule has 2 heterocycles. The fourth-order valence-electron chi connectivity index (χ4n) is 4.20. The number of piperazine rings is 1. The van der Waals surface area contributed by atoms with Gasteiger partial charge in [0.05, 0.1) is 16.5 Å². The molecule has 4 rings (SSSR count). The van der Waals surface area contributed by atoms with Crippen LogP contribution in [0.1, 0.15) is 27.9 Å². The second-order valence-electron chi connectivity index (χ2n) is 8.26. The van der Waals surface area contributed by atoms with Gasteiger partial charge in [-0.1, -0.05) is 53.6 Å². The van der Waals surface area contributed by atoms with Crippen molar-refractivity contribution in [2.75, 3.05) is 32.7 Å². The van der Waals surface area contributed by atoms with Crippen molar-refractivity contribution in [2.24, 2.45) is 5.92 Å². The molecule has 7 heteroatoms. The first-order chi connectivity index (χ1) is 14.9. The fourth-order valence-corrected chi connectivity index (χ4v) is 4.41. The molecule has 0 bridgehead atoms. The molecule has 0 radical (unpaired) electrons. The van der Waals surface area contributed by atoms with Gasteiger partial charge in [-0.2, -0.15) is 0 Å². The summed E-state index contributed by atoms with van der Waals surface area (Å²) >= 11 is 6.15. The number of aryl methyl sites for hydroxylation is 1. The van der Waals surface area contributed by atoms with Gasteiger partial charge in [-0.3, -0.25) is 14.4 Å². The van der Waals surface area contributed by atoms with Gasteiger partial charge in [0.15, 0.2) is 0 Å². The summed E-state index contributed by atoms with van der Waals surface area (Å²) < 4.78 is 0. The van der Waals surface area contributed by atoms with Gasteiger partial charge in [0.25, 0.3) is 5.91 Å². The quantitative estimate of drug-likeness (QED) is 0.735. The molecule has 0 N–H and O–H groups in total. The molecule has 31 heavy (non-hydrogen) atoms. The predicted octanol–water partition coefficient (Wildman–Crippen LogP) is 2.98. The minimum atomic E-state index is -0.316. The number of halogens is 1. The van der Waals surface area contributed by atoms with Crippen molar-refractivity contribution >= 4 is 29.3 Å². The molecule has 6 nitrogen and oxygen atoms in total. The molecule has 0 aromatic heterocycles. The number of nitrogens with zero attached hydrogens (tertiary/aromatic N) is 3. The van der Waals surface area contributed by atoms with Crippen LogP contribution in [0.15, 0.2) is 48.5 Å². The molecule has 2 aliphatic rings. The highest BCUT2D eigenvalue weighted by molar-refractivity contribution is 6.33. The van der Waals surface area contributed by atoms with E-state index in [2.05, 4.69) is 0 Å². The zero-order chi connectivity index (χ0) is 22.0. The molecule has 0 spiro atoms. The number of hydrogen-bond donors (Lipinski definition) is 0. The van der Waals surface area contributed by atoms with Crippen molar-refractivity contribution in [3.8, 4) is 0 Å². The maximum Gasteiger partial charge on any atom is 0.255 e. The van der Waals surface area contributed by atoms with Gasteiger partial charge >= 0.3 is 0 Å². The highest BCUT2D eigenvalue weighted by Crippen LogP contribution is 2.24. The number of benzene rings is 2. The Kier molecular flexibility index (Phi) is 6.28. The Bertz CT molecular complexity index is 984. The summed E-state index contributed by atoms with van der Waals surface area (Å²) in [6, 6.07) is 15.1. The number of amides is 3. The number of hydrogen-bond acceptors (Lipinski definition) is 3. The average molecular weight is 440 g/mol. The van der Waals surface area contributed by atoms with E-state index in [9.17, 15) is 14.4 Å². The average Bonchev–Trinajstić information content (AvgIpc) is 3.15. The second kappa shape index (κ2) is 9.10. The summed E-state index contributed by atoms with van der Waals surface area (Å²) in [5.74, 6) is -0.405. The third kappa shape index (κ3) is 4.74. The lowest BCUT2D eigenvalue weighted by atomic mass is 10.1. The van der Waals surface area contributed by atoms with Crippen LogP contribution in [-0.4, -0.2) is 65.1 Å². The highest BCUT2D eigenvalue weighted by Gasteiger charge is 2.37. The molecule has 2 fully saturated rings. The monoisotopic (exact) mass is 439 g/mol. The number of likely N-dealkylation sites (tertiary alicyclic amines) is 1. The van der Waals surface area contributed by atoms with E-state index in [-0.39, 0.29) is 30.1 Å².